The molecule has 0 fully saturated rings. The Bertz CT molecular complexity index is 543. The molecule has 1 N–H and O–H groups in total. The van der Waals surface area contributed by atoms with E-state index in [2.05, 4.69) is 10.3 Å². The van der Waals surface area contributed by atoms with E-state index in [1.165, 1.54) is 0 Å². The molecule has 0 radical (unpaired) electrons. The molecule has 0 saturated carbocycles. The fourth-order valence-corrected chi connectivity index (χ4v) is 1.91. The molecular weight excluding hydrogens is 260 g/mol. The van der Waals surface area contributed by atoms with Crippen LogP contribution in [0.4, 0.5) is 0 Å². The molecular formula is C15H15ClN2O. The molecule has 4 heteroatoms. The Morgan fingerprint density at radius 3 is 2.68 bits per heavy atom. The lowest BCUT2D eigenvalue weighted by atomic mass is 10.2. The van der Waals surface area contributed by atoms with E-state index in [0.29, 0.717) is 24.4 Å². The smallest absolute Gasteiger partial charge is 0.220 e. The van der Waals surface area contributed by atoms with Crippen LogP contribution in [0.5, 0.6) is 0 Å². The van der Waals surface area contributed by atoms with Gasteiger partial charge in [-0.25, -0.2) is 0 Å². The van der Waals surface area contributed by atoms with Gasteiger partial charge in [0.1, 0.15) is 0 Å². The first kappa shape index (κ1) is 13.6. The molecule has 1 aromatic heterocycles. The number of aryl methyl sites for hydroxylation is 1. The summed E-state index contributed by atoms with van der Waals surface area (Å²) in [7, 11) is 0. The second-order valence-electron chi connectivity index (χ2n) is 4.19. The normalized spacial score (nSPS) is 10.2. The first-order valence-electron chi connectivity index (χ1n) is 6.16. The van der Waals surface area contributed by atoms with Crippen LogP contribution in [0.3, 0.4) is 0 Å². The number of hydrogen-bond donors (Lipinski definition) is 1. The number of amides is 1. The van der Waals surface area contributed by atoms with Gasteiger partial charge in [0, 0.05) is 29.9 Å². The highest BCUT2D eigenvalue weighted by atomic mass is 35.5. The van der Waals surface area contributed by atoms with Gasteiger partial charge in [0.25, 0.3) is 0 Å². The van der Waals surface area contributed by atoms with Crippen LogP contribution in [0.1, 0.15) is 17.7 Å². The van der Waals surface area contributed by atoms with Crippen molar-refractivity contribution >= 4 is 17.5 Å². The molecule has 0 aliphatic heterocycles. The maximum Gasteiger partial charge on any atom is 0.220 e. The molecule has 0 aliphatic carbocycles. The van der Waals surface area contributed by atoms with Crippen molar-refractivity contribution in [2.45, 2.75) is 19.4 Å². The van der Waals surface area contributed by atoms with Crippen LogP contribution in [0.15, 0.2) is 48.7 Å². The Balaban J connectivity index is 1.78. The van der Waals surface area contributed by atoms with Crippen molar-refractivity contribution in [2.75, 3.05) is 0 Å². The second kappa shape index (κ2) is 6.90. The first-order chi connectivity index (χ1) is 9.25. The van der Waals surface area contributed by atoms with Crippen LogP contribution in [-0.4, -0.2) is 10.9 Å². The minimum absolute atomic E-state index is 0.00516. The summed E-state index contributed by atoms with van der Waals surface area (Å²) in [6, 6.07) is 13.2. The highest BCUT2D eigenvalue weighted by molar-refractivity contribution is 6.31. The lowest BCUT2D eigenvalue weighted by Gasteiger charge is -2.06. The van der Waals surface area contributed by atoms with E-state index in [9.17, 15) is 4.79 Å². The molecule has 0 spiro atoms. The van der Waals surface area contributed by atoms with Crippen LogP contribution >= 0.6 is 11.6 Å². The highest BCUT2D eigenvalue weighted by Crippen LogP contribution is 2.14. The van der Waals surface area contributed by atoms with Gasteiger partial charge in [-0.3, -0.25) is 9.78 Å². The average Bonchev–Trinajstić information content (AvgIpc) is 2.45. The Morgan fingerprint density at radius 2 is 1.95 bits per heavy atom. The van der Waals surface area contributed by atoms with Crippen molar-refractivity contribution in [2.24, 2.45) is 0 Å². The fraction of sp³-hybridized carbons (Fsp3) is 0.200. The molecule has 1 heterocycles. The second-order valence-corrected chi connectivity index (χ2v) is 4.60. The van der Waals surface area contributed by atoms with Gasteiger partial charge in [0.2, 0.25) is 5.91 Å². The summed E-state index contributed by atoms with van der Waals surface area (Å²) in [4.78, 5) is 15.9. The minimum Gasteiger partial charge on any atom is -0.352 e. The zero-order chi connectivity index (χ0) is 13.5. The Morgan fingerprint density at radius 1 is 1.16 bits per heavy atom. The van der Waals surface area contributed by atoms with Crippen molar-refractivity contribution in [1.82, 2.24) is 10.3 Å². The van der Waals surface area contributed by atoms with E-state index >= 15 is 0 Å². The third kappa shape index (κ3) is 4.38. The molecule has 98 valence electrons. The lowest BCUT2D eigenvalue weighted by molar-refractivity contribution is -0.121. The van der Waals surface area contributed by atoms with Crippen molar-refractivity contribution in [3.8, 4) is 0 Å². The van der Waals surface area contributed by atoms with Gasteiger partial charge < -0.3 is 5.32 Å². The molecule has 0 atom stereocenters. The molecule has 0 aliphatic rings. The zero-order valence-corrected chi connectivity index (χ0v) is 11.2. The quantitative estimate of drug-likeness (QED) is 0.911. The van der Waals surface area contributed by atoms with Crippen molar-refractivity contribution in [3.63, 3.8) is 0 Å². The Kier molecular flexibility index (Phi) is 4.93. The average molecular weight is 275 g/mol. The predicted octanol–water partition coefficient (Wildman–Crippen LogP) is 2.98. The van der Waals surface area contributed by atoms with Crippen molar-refractivity contribution < 1.29 is 4.79 Å². The van der Waals surface area contributed by atoms with Crippen LogP contribution in [0.2, 0.25) is 5.02 Å². The molecule has 1 aromatic carbocycles. The maximum absolute atomic E-state index is 11.7. The summed E-state index contributed by atoms with van der Waals surface area (Å²) in [5.41, 5.74) is 1.85. The van der Waals surface area contributed by atoms with E-state index in [1.54, 1.807) is 6.20 Å². The zero-order valence-electron chi connectivity index (χ0n) is 10.5. The molecule has 19 heavy (non-hydrogen) atoms. The number of pyridine rings is 1. The van der Waals surface area contributed by atoms with Gasteiger partial charge in [0.15, 0.2) is 0 Å². The van der Waals surface area contributed by atoms with Gasteiger partial charge in [-0.05, 0) is 30.2 Å². The Labute approximate surface area is 117 Å². The van der Waals surface area contributed by atoms with E-state index < -0.39 is 0 Å². The largest absolute Gasteiger partial charge is 0.352 e. The number of carbonyl (C=O) groups is 1. The Hall–Kier alpha value is -1.87. The maximum atomic E-state index is 11.7. The van der Waals surface area contributed by atoms with Crippen molar-refractivity contribution in [1.29, 1.82) is 0 Å². The van der Waals surface area contributed by atoms with Crippen molar-refractivity contribution in [3.05, 3.63) is 64.9 Å². The standard InChI is InChI=1S/C15H15ClN2O/c16-14-7-2-1-5-12(14)11-18-15(19)9-8-13-6-3-4-10-17-13/h1-7,10H,8-9,11H2,(H,18,19). The number of nitrogens with zero attached hydrogens (tertiary/aromatic N) is 1. The van der Waals surface area contributed by atoms with E-state index in [-0.39, 0.29) is 5.91 Å². The topological polar surface area (TPSA) is 42.0 Å². The van der Waals surface area contributed by atoms with Gasteiger partial charge in [0.05, 0.1) is 0 Å². The number of rotatable bonds is 5. The predicted molar refractivity (Wildman–Crippen MR) is 75.9 cm³/mol. The number of halogens is 1. The van der Waals surface area contributed by atoms with Crippen LogP contribution in [0.25, 0.3) is 0 Å². The van der Waals surface area contributed by atoms with Gasteiger partial charge in [-0.1, -0.05) is 35.9 Å². The van der Waals surface area contributed by atoms with Gasteiger partial charge in [-0.15, -0.1) is 0 Å². The number of hydrogen-bond acceptors (Lipinski definition) is 2. The third-order valence-corrected chi connectivity index (χ3v) is 3.14. The summed E-state index contributed by atoms with van der Waals surface area (Å²) in [6.45, 7) is 0.459. The SMILES string of the molecule is O=C(CCc1ccccn1)NCc1ccccc1Cl. The molecule has 0 saturated heterocycles. The molecule has 3 nitrogen and oxygen atoms in total. The minimum atomic E-state index is 0.00516. The van der Waals surface area contributed by atoms with Gasteiger partial charge in [-0.2, -0.15) is 0 Å². The summed E-state index contributed by atoms with van der Waals surface area (Å²) in [5, 5.41) is 3.53. The first-order valence-corrected chi connectivity index (χ1v) is 6.53. The highest BCUT2D eigenvalue weighted by Gasteiger charge is 2.04. The van der Waals surface area contributed by atoms with E-state index in [1.807, 2.05) is 42.5 Å². The molecule has 2 rings (SSSR count). The number of carbonyl (C=O) groups excluding carboxylic acids is 1. The third-order valence-electron chi connectivity index (χ3n) is 2.77. The molecule has 2 aromatic rings. The van der Waals surface area contributed by atoms with E-state index in [0.717, 1.165) is 11.3 Å². The van der Waals surface area contributed by atoms with Crippen LogP contribution in [0, 0.1) is 0 Å². The number of benzene rings is 1. The number of nitrogens with one attached hydrogen (secondary N) is 1. The summed E-state index contributed by atoms with van der Waals surface area (Å²) in [5.74, 6) is 0.00516. The monoisotopic (exact) mass is 274 g/mol. The summed E-state index contributed by atoms with van der Waals surface area (Å²) in [6.07, 6.45) is 2.81. The molecule has 0 unspecified atom stereocenters. The fourth-order valence-electron chi connectivity index (χ4n) is 1.71. The lowest BCUT2D eigenvalue weighted by Crippen LogP contribution is -2.23. The number of aromatic nitrogens is 1. The van der Waals surface area contributed by atoms with Crippen LogP contribution in [-0.2, 0) is 17.8 Å². The summed E-state index contributed by atoms with van der Waals surface area (Å²) < 4.78 is 0. The molecule has 0 bridgehead atoms. The van der Waals surface area contributed by atoms with E-state index in [4.69, 9.17) is 11.6 Å². The van der Waals surface area contributed by atoms with Gasteiger partial charge >= 0.3 is 0 Å². The molecule has 1 amide bonds. The van der Waals surface area contributed by atoms with Crippen LogP contribution < -0.4 is 5.32 Å². The summed E-state index contributed by atoms with van der Waals surface area (Å²) >= 11 is 6.02.